The minimum absolute atomic E-state index is 0.283. The van der Waals surface area contributed by atoms with Crippen LogP contribution < -0.4 is 10.6 Å². The summed E-state index contributed by atoms with van der Waals surface area (Å²) in [6.45, 7) is 5.02. The van der Waals surface area contributed by atoms with Crippen LogP contribution in [0.15, 0.2) is 11.2 Å². The molecule has 7 heteroatoms. The Hall–Kier alpha value is -1.50. The van der Waals surface area contributed by atoms with Gasteiger partial charge in [0.25, 0.3) is 0 Å². The van der Waals surface area contributed by atoms with Crippen molar-refractivity contribution < 1.29 is 4.79 Å². The highest BCUT2D eigenvalue weighted by Crippen LogP contribution is 2.40. The number of hydrogen-bond donors (Lipinski definition) is 1. The monoisotopic (exact) mass is 363 g/mol. The highest BCUT2D eigenvalue weighted by atomic mass is 32.2. The van der Waals surface area contributed by atoms with Gasteiger partial charge in [-0.15, -0.1) is 0 Å². The van der Waals surface area contributed by atoms with Crippen LogP contribution in [0.3, 0.4) is 0 Å². The van der Waals surface area contributed by atoms with Gasteiger partial charge in [0.05, 0.1) is 0 Å². The Morgan fingerprint density at radius 3 is 2.72 bits per heavy atom. The number of aromatic nitrogens is 2. The molecule has 0 atom stereocenters. The predicted molar refractivity (Wildman–Crippen MR) is 103 cm³/mol. The summed E-state index contributed by atoms with van der Waals surface area (Å²) in [7, 11) is 1.93. The van der Waals surface area contributed by atoms with E-state index in [-0.39, 0.29) is 11.3 Å². The number of thioether (sulfide) groups is 1. The molecule has 138 valence electrons. The molecule has 0 aliphatic carbocycles. The summed E-state index contributed by atoms with van der Waals surface area (Å²) >= 11 is 1.69. The molecule has 0 bridgehead atoms. The SMILES string of the molecule is CCCCSc1nc(N)cc(N2CCC3(CCC(=O)N(C)C3)CC2)n1. The summed E-state index contributed by atoms with van der Waals surface area (Å²) in [5, 5.41) is 0.784. The Bertz CT molecular complexity index is 615. The average molecular weight is 364 g/mol. The van der Waals surface area contributed by atoms with Crippen molar-refractivity contribution in [1.82, 2.24) is 14.9 Å². The van der Waals surface area contributed by atoms with Crippen LogP contribution in [0.5, 0.6) is 0 Å². The average Bonchev–Trinajstić information content (AvgIpc) is 2.59. The number of carbonyl (C=O) groups is 1. The maximum atomic E-state index is 11.8. The summed E-state index contributed by atoms with van der Waals surface area (Å²) in [6, 6.07) is 1.89. The molecule has 1 spiro atoms. The molecule has 3 heterocycles. The van der Waals surface area contributed by atoms with Gasteiger partial charge in [0.15, 0.2) is 5.16 Å². The molecule has 6 nitrogen and oxygen atoms in total. The van der Waals surface area contributed by atoms with Gasteiger partial charge in [0.2, 0.25) is 5.91 Å². The van der Waals surface area contributed by atoms with Crippen LogP contribution in [-0.4, -0.2) is 53.2 Å². The lowest BCUT2D eigenvalue weighted by Crippen LogP contribution is -2.50. The third kappa shape index (κ3) is 4.37. The maximum Gasteiger partial charge on any atom is 0.222 e. The Morgan fingerprint density at radius 2 is 2.04 bits per heavy atom. The number of hydrogen-bond acceptors (Lipinski definition) is 6. The van der Waals surface area contributed by atoms with E-state index in [2.05, 4.69) is 16.8 Å². The topological polar surface area (TPSA) is 75.3 Å². The molecule has 2 fully saturated rings. The number of amides is 1. The third-order valence-electron chi connectivity index (χ3n) is 5.46. The number of likely N-dealkylation sites (tertiary alicyclic amines) is 1. The molecule has 2 saturated heterocycles. The first-order valence-electron chi connectivity index (χ1n) is 9.28. The first-order valence-corrected chi connectivity index (χ1v) is 10.3. The van der Waals surface area contributed by atoms with Crippen LogP contribution in [0.4, 0.5) is 11.6 Å². The third-order valence-corrected chi connectivity index (χ3v) is 6.39. The summed E-state index contributed by atoms with van der Waals surface area (Å²) in [5.41, 5.74) is 6.29. The number of nitrogen functional groups attached to an aromatic ring is 1. The van der Waals surface area contributed by atoms with Gasteiger partial charge in [-0.25, -0.2) is 9.97 Å². The molecule has 0 saturated carbocycles. The molecule has 2 N–H and O–H groups in total. The van der Waals surface area contributed by atoms with Crippen molar-refractivity contribution in [3.05, 3.63) is 6.07 Å². The van der Waals surface area contributed by atoms with Crippen molar-refractivity contribution in [2.45, 2.75) is 50.6 Å². The number of nitrogens with two attached hydrogens (primary N) is 1. The van der Waals surface area contributed by atoms with E-state index >= 15 is 0 Å². The first kappa shape index (κ1) is 18.3. The Morgan fingerprint density at radius 1 is 1.28 bits per heavy atom. The van der Waals surface area contributed by atoms with E-state index < -0.39 is 0 Å². The van der Waals surface area contributed by atoms with Gasteiger partial charge in [0, 0.05) is 44.9 Å². The highest BCUT2D eigenvalue weighted by molar-refractivity contribution is 7.99. The molecular weight excluding hydrogens is 334 g/mol. The van der Waals surface area contributed by atoms with Crippen molar-refractivity contribution in [2.75, 3.05) is 43.1 Å². The van der Waals surface area contributed by atoms with Crippen molar-refractivity contribution in [1.29, 1.82) is 0 Å². The molecule has 2 aliphatic rings. The van der Waals surface area contributed by atoms with Crippen LogP contribution in [-0.2, 0) is 4.79 Å². The molecule has 1 aromatic rings. The second-order valence-corrected chi connectivity index (χ2v) is 8.43. The van der Waals surface area contributed by atoms with E-state index in [1.807, 2.05) is 18.0 Å². The molecule has 2 aliphatic heterocycles. The minimum atomic E-state index is 0.283. The molecule has 0 unspecified atom stereocenters. The van der Waals surface area contributed by atoms with E-state index in [0.717, 1.165) is 62.0 Å². The minimum Gasteiger partial charge on any atom is -0.383 e. The standard InChI is InChI=1S/C18H29N5OS/c1-3-4-11-25-17-20-14(19)12-15(21-17)23-9-7-18(8-10-23)6-5-16(24)22(2)13-18/h12H,3-11,13H2,1-2H3,(H2,19,20,21). The Balaban J connectivity index is 1.63. The fraction of sp³-hybridized carbons (Fsp3) is 0.722. The lowest BCUT2D eigenvalue weighted by molar-refractivity contribution is -0.136. The van der Waals surface area contributed by atoms with Crippen LogP contribution in [0.1, 0.15) is 45.4 Å². The van der Waals surface area contributed by atoms with E-state index in [9.17, 15) is 4.79 Å². The summed E-state index contributed by atoms with van der Waals surface area (Å²) in [4.78, 5) is 25.1. The number of anilines is 2. The molecule has 1 aromatic heterocycles. The zero-order valence-electron chi connectivity index (χ0n) is 15.3. The van der Waals surface area contributed by atoms with Gasteiger partial charge < -0.3 is 15.5 Å². The van der Waals surface area contributed by atoms with Crippen LogP contribution in [0, 0.1) is 5.41 Å². The Labute approximate surface area is 154 Å². The van der Waals surface area contributed by atoms with E-state index in [1.165, 1.54) is 6.42 Å². The smallest absolute Gasteiger partial charge is 0.222 e. The van der Waals surface area contributed by atoms with Gasteiger partial charge >= 0.3 is 0 Å². The number of rotatable bonds is 5. The normalized spacial score (nSPS) is 20.3. The van der Waals surface area contributed by atoms with Gasteiger partial charge in [-0.3, -0.25) is 4.79 Å². The maximum absolute atomic E-state index is 11.8. The van der Waals surface area contributed by atoms with Gasteiger partial charge in [-0.2, -0.15) is 0 Å². The molecule has 25 heavy (non-hydrogen) atoms. The molecule has 0 radical (unpaired) electrons. The van der Waals surface area contributed by atoms with E-state index in [1.54, 1.807) is 11.8 Å². The molecule has 0 aromatic carbocycles. The summed E-state index contributed by atoms with van der Waals surface area (Å²) in [6.07, 6.45) is 6.26. The van der Waals surface area contributed by atoms with E-state index in [4.69, 9.17) is 10.7 Å². The van der Waals surface area contributed by atoms with E-state index in [0.29, 0.717) is 12.2 Å². The lowest BCUT2D eigenvalue weighted by Gasteiger charge is -2.46. The largest absolute Gasteiger partial charge is 0.383 e. The molecule has 1 amide bonds. The van der Waals surface area contributed by atoms with Crippen molar-refractivity contribution in [3.8, 4) is 0 Å². The number of unbranched alkanes of at least 4 members (excludes halogenated alkanes) is 1. The molecule has 3 rings (SSSR count). The van der Waals surface area contributed by atoms with Crippen molar-refractivity contribution >= 4 is 29.3 Å². The van der Waals surface area contributed by atoms with Gasteiger partial charge in [-0.1, -0.05) is 25.1 Å². The molecular formula is C18H29N5OS. The zero-order valence-corrected chi connectivity index (χ0v) is 16.1. The van der Waals surface area contributed by atoms with Gasteiger partial charge in [0.1, 0.15) is 11.6 Å². The number of piperidine rings is 2. The van der Waals surface area contributed by atoms with Gasteiger partial charge in [-0.05, 0) is 31.1 Å². The summed E-state index contributed by atoms with van der Waals surface area (Å²) < 4.78 is 0. The van der Waals surface area contributed by atoms with Crippen LogP contribution in [0.2, 0.25) is 0 Å². The fourth-order valence-corrected chi connectivity index (χ4v) is 4.76. The second-order valence-electron chi connectivity index (χ2n) is 7.37. The first-order chi connectivity index (χ1) is 12.0. The van der Waals surface area contributed by atoms with Crippen LogP contribution >= 0.6 is 11.8 Å². The zero-order chi connectivity index (χ0) is 17.9. The Kier molecular flexibility index (Phi) is 5.71. The fourth-order valence-electron chi connectivity index (χ4n) is 3.82. The predicted octanol–water partition coefficient (Wildman–Crippen LogP) is 2.79. The highest BCUT2D eigenvalue weighted by Gasteiger charge is 2.40. The van der Waals surface area contributed by atoms with Crippen molar-refractivity contribution in [3.63, 3.8) is 0 Å². The number of nitrogens with zero attached hydrogens (tertiary/aromatic N) is 4. The number of carbonyl (C=O) groups excluding carboxylic acids is 1. The summed E-state index contributed by atoms with van der Waals surface area (Å²) in [5.74, 6) is 2.81. The quantitative estimate of drug-likeness (QED) is 0.492. The van der Waals surface area contributed by atoms with Crippen LogP contribution in [0.25, 0.3) is 0 Å². The lowest BCUT2D eigenvalue weighted by atomic mass is 9.72. The second kappa shape index (κ2) is 7.81. The van der Waals surface area contributed by atoms with Crippen molar-refractivity contribution in [2.24, 2.45) is 5.41 Å².